The molecule has 0 unspecified atom stereocenters. The van der Waals surface area contributed by atoms with Crippen LogP contribution in [0.2, 0.25) is 0 Å². The highest BCUT2D eigenvalue weighted by molar-refractivity contribution is 5.27. The van der Waals surface area contributed by atoms with Crippen molar-refractivity contribution in [2.24, 2.45) is 12.5 Å². The number of nitrogens with one attached hydrogen (secondary N) is 1. The van der Waals surface area contributed by atoms with Crippen LogP contribution in [0.15, 0.2) is 24.7 Å². The van der Waals surface area contributed by atoms with Crippen molar-refractivity contribution >= 4 is 5.95 Å². The highest BCUT2D eigenvalue weighted by atomic mass is 15.3. The Morgan fingerprint density at radius 3 is 2.54 bits per heavy atom. The Balaban J connectivity index is 1.26. The summed E-state index contributed by atoms with van der Waals surface area (Å²) in [6.07, 6.45) is 10.9. The number of aromatic nitrogens is 4. The van der Waals surface area contributed by atoms with Gasteiger partial charge >= 0.3 is 0 Å². The van der Waals surface area contributed by atoms with Crippen molar-refractivity contribution in [1.82, 2.24) is 24.6 Å². The fourth-order valence-electron chi connectivity index (χ4n) is 4.28. The Kier molecular flexibility index (Phi) is 4.00. The highest BCUT2D eigenvalue weighted by Gasteiger charge is 2.45. The molecule has 6 heteroatoms. The van der Waals surface area contributed by atoms with Crippen molar-refractivity contribution < 1.29 is 0 Å². The van der Waals surface area contributed by atoms with Crippen LogP contribution in [-0.2, 0) is 13.6 Å². The van der Waals surface area contributed by atoms with Gasteiger partial charge in [0.05, 0.1) is 5.69 Å². The van der Waals surface area contributed by atoms with Crippen molar-refractivity contribution in [3.05, 3.63) is 35.9 Å². The van der Waals surface area contributed by atoms with Gasteiger partial charge in [0.2, 0.25) is 5.95 Å². The zero-order valence-electron chi connectivity index (χ0n) is 14.6. The van der Waals surface area contributed by atoms with Crippen molar-refractivity contribution in [2.75, 3.05) is 18.4 Å². The van der Waals surface area contributed by atoms with E-state index in [-0.39, 0.29) is 0 Å². The fourth-order valence-corrected chi connectivity index (χ4v) is 4.28. The molecule has 0 aromatic carbocycles. The van der Waals surface area contributed by atoms with Gasteiger partial charge in [0.25, 0.3) is 0 Å². The molecule has 0 amide bonds. The lowest BCUT2D eigenvalue weighted by molar-refractivity contribution is 0.0208. The van der Waals surface area contributed by atoms with Gasteiger partial charge in [-0.2, -0.15) is 5.10 Å². The second-order valence-electron chi connectivity index (χ2n) is 7.51. The van der Waals surface area contributed by atoms with Crippen LogP contribution in [0.1, 0.15) is 36.9 Å². The molecule has 4 rings (SSSR count). The van der Waals surface area contributed by atoms with Gasteiger partial charge < -0.3 is 5.32 Å². The Morgan fingerprint density at radius 2 is 1.92 bits per heavy atom. The first kappa shape index (κ1) is 15.6. The van der Waals surface area contributed by atoms with Gasteiger partial charge in [0.1, 0.15) is 0 Å². The van der Waals surface area contributed by atoms with E-state index in [1.54, 1.807) is 12.4 Å². The number of anilines is 1. The maximum atomic E-state index is 4.45. The van der Waals surface area contributed by atoms with Crippen LogP contribution >= 0.6 is 0 Å². The summed E-state index contributed by atoms with van der Waals surface area (Å²) >= 11 is 0. The molecule has 1 aliphatic heterocycles. The van der Waals surface area contributed by atoms with E-state index < -0.39 is 0 Å². The van der Waals surface area contributed by atoms with E-state index in [1.807, 2.05) is 17.8 Å². The van der Waals surface area contributed by atoms with Crippen LogP contribution < -0.4 is 5.32 Å². The number of hydrogen-bond acceptors (Lipinski definition) is 5. The fraction of sp³-hybridized carbons (Fsp3) is 0.611. The first-order chi connectivity index (χ1) is 11.6. The number of aryl methyl sites for hydroxylation is 2. The number of likely N-dealkylation sites (tertiary alicyclic amines) is 1. The maximum Gasteiger partial charge on any atom is 0.222 e. The van der Waals surface area contributed by atoms with Gasteiger partial charge in [-0.05, 0) is 57.2 Å². The summed E-state index contributed by atoms with van der Waals surface area (Å²) in [5.41, 5.74) is 3.07. The predicted molar refractivity (Wildman–Crippen MR) is 93.6 cm³/mol. The normalized spacial score (nSPS) is 20.9. The van der Waals surface area contributed by atoms with E-state index in [4.69, 9.17) is 0 Å². The molecule has 1 spiro atoms. The number of rotatable bonds is 4. The molecule has 3 heterocycles. The zero-order valence-corrected chi connectivity index (χ0v) is 14.6. The zero-order chi connectivity index (χ0) is 16.6. The standard InChI is InChI=1S/C18H26N6/c1-14-15(12-23(2)22-14)13-24-8-4-18(5-9-24)10-16(11-18)21-17-19-6-3-7-20-17/h3,6-7,12,16H,4-5,8-11,13H2,1-2H3,(H,19,20,21). The summed E-state index contributed by atoms with van der Waals surface area (Å²) in [5.74, 6) is 0.766. The maximum absolute atomic E-state index is 4.45. The van der Waals surface area contributed by atoms with Gasteiger partial charge in [0, 0.05) is 43.8 Å². The molecule has 0 radical (unpaired) electrons. The molecule has 2 aliphatic rings. The van der Waals surface area contributed by atoms with E-state index >= 15 is 0 Å². The lowest BCUT2D eigenvalue weighted by Gasteiger charge is -2.52. The van der Waals surface area contributed by atoms with Crippen molar-refractivity contribution in [1.29, 1.82) is 0 Å². The molecule has 6 nitrogen and oxygen atoms in total. The molecule has 0 atom stereocenters. The molecule has 2 aromatic rings. The molecule has 24 heavy (non-hydrogen) atoms. The highest BCUT2D eigenvalue weighted by Crippen LogP contribution is 2.49. The molecule has 2 fully saturated rings. The first-order valence-corrected chi connectivity index (χ1v) is 8.87. The van der Waals surface area contributed by atoms with Gasteiger partial charge in [-0.15, -0.1) is 0 Å². The predicted octanol–water partition coefficient (Wildman–Crippen LogP) is 2.38. The Hall–Kier alpha value is -1.95. The summed E-state index contributed by atoms with van der Waals surface area (Å²) in [6.45, 7) is 5.54. The van der Waals surface area contributed by atoms with Crippen molar-refractivity contribution in [2.45, 2.75) is 45.2 Å². The molecule has 128 valence electrons. The lowest BCUT2D eigenvalue weighted by Crippen LogP contribution is -2.51. The van der Waals surface area contributed by atoms with Crippen LogP contribution in [0.25, 0.3) is 0 Å². The number of hydrogen-bond donors (Lipinski definition) is 1. The van der Waals surface area contributed by atoms with E-state index in [0.717, 1.165) is 18.2 Å². The summed E-state index contributed by atoms with van der Waals surface area (Å²) < 4.78 is 1.92. The van der Waals surface area contributed by atoms with Crippen molar-refractivity contribution in [3.8, 4) is 0 Å². The third-order valence-corrected chi connectivity index (χ3v) is 5.68. The van der Waals surface area contributed by atoms with Crippen LogP contribution in [0.5, 0.6) is 0 Å². The second-order valence-corrected chi connectivity index (χ2v) is 7.51. The lowest BCUT2D eigenvalue weighted by atomic mass is 9.60. The molecule has 1 saturated carbocycles. The average molecular weight is 326 g/mol. The summed E-state index contributed by atoms with van der Waals surface area (Å²) in [6, 6.07) is 2.40. The molecule has 1 saturated heterocycles. The third-order valence-electron chi connectivity index (χ3n) is 5.68. The minimum atomic E-state index is 0.541. The molecule has 0 bridgehead atoms. The summed E-state index contributed by atoms with van der Waals surface area (Å²) in [7, 11) is 2.00. The van der Waals surface area contributed by atoms with Crippen LogP contribution in [-0.4, -0.2) is 43.8 Å². The largest absolute Gasteiger partial charge is 0.351 e. The van der Waals surface area contributed by atoms with Gasteiger partial charge in [-0.1, -0.05) is 0 Å². The van der Waals surface area contributed by atoms with Crippen LogP contribution in [0.4, 0.5) is 5.95 Å². The molecule has 1 aliphatic carbocycles. The van der Waals surface area contributed by atoms with E-state index in [2.05, 4.69) is 38.4 Å². The smallest absolute Gasteiger partial charge is 0.222 e. The first-order valence-electron chi connectivity index (χ1n) is 8.87. The van der Waals surface area contributed by atoms with E-state index in [9.17, 15) is 0 Å². The quantitative estimate of drug-likeness (QED) is 0.935. The van der Waals surface area contributed by atoms with Gasteiger partial charge in [-0.3, -0.25) is 9.58 Å². The SMILES string of the molecule is Cc1nn(C)cc1CN1CCC2(CC1)CC(Nc1ncccn1)C2. The Bertz CT molecular complexity index is 679. The van der Waals surface area contributed by atoms with E-state index in [1.165, 1.54) is 44.3 Å². The minimum Gasteiger partial charge on any atom is -0.351 e. The van der Waals surface area contributed by atoms with Crippen LogP contribution in [0, 0.1) is 12.3 Å². The van der Waals surface area contributed by atoms with Crippen LogP contribution in [0.3, 0.4) is 0 Å². The number of piperidine rings is 1. The average Bonchev–Trinajstić information content (AvgIpc) is 2.86. The topological polar surface area (TPSA) is 58.9 Å². The minimum absolute atomic E-state index is 0.541. The van der Waals surface area contributed by atoms with Gasteiger partial charge in [-0.25, -0.2) is 9.97 Å². The summed E-state index contributed by atoms with van der Waals surface area (Å²) in [5, 5.41) is 7.92. The monoisotopic (exact) mass is 326 g/mol. The van der Waals surface area contributed by atoms with Crippen molar-refractivity contribution in [3.63, 3.8) is 0 Å². The summed E-state index contributed by atoms with van der Waals surface area (Å²) in [4.78, 5) is 11.1. The van der Waals surface area contributed by atoms with Gasteiger partial charge in [0.15, 0.2) is 0 Å². The molecular formula is C18H26N6. The second kappa shape index (κ2) is 6.16. The Labute approximate surface area is 143 Å². The third kappa shape index (κ3) is 3.15. The Morgan fingerprint density at radius 1 is 1.21 bits per heavy atom. The molecular weight excluding hydrogens is 300 g/mol. The number of nitrogens with zero attached hydrogens (tertiary/aromatic N) is 5. The molecule has 2 aromatic heterocycles. The van der Waals surface area contributed by atoms with E-state index in [0.29, 0.717) is 11.5 Å². The molecule has 1 N–H and O–H groups in total.